The van der Waals surface area contributed by atoms with Crippen LogP contribution in [0.3, 0.4) is 0 Å². The lowest BCUT2D eigenvalue weighted by atomic mass is 10.0. The minimum atomic E-state index is -0.882. The Balaban J connectivity index is 3.54. The van der Waals surface area contributed by atoms with Gasteiger partial charge in [0.15, 0.2) is 0 Å². The number of carbonyl (C=O) groups excluding carboxylic acids is 2. The van der Waals surface area contributed by atoms with Crippen LogP contribution < -0.4 is 5.32 Å². The van der Waals surface area contributed by atoms with Crippen LogP contribution in [0.15, 0.2) is 48.6 Å². The van der Waals surface area contributed by atoms with Gasteiger partial charge in [-0.1, -0.05) is 300 Å². The van der Waals surface area contributed by atoms with Gasteiger partial charge in [0.05, 0.1) is 25.4 Å². The van der Waals surface area contributed by atoms with Crippen molar-refractivity contribution in [3.05, 3.63) is 48.6 Å². The molecule has 0 aromatic carbocycles. The largest absolute Gasteiger partial charge is 0.466 e. The van der Waals surface area contributed by atoms with Gasteiger partial charge in [-0.15, -0.1) is 0 Å². The van der Waals surface area contributed by atoms with Crippen molar-refractivity contribution in [2.75, 3.05) is 13.2 Å². The number of esters is 1. The molecular formula is C67H125NO5. The Morgan fingerprint density at radius 3 is 1.08 bits per heavy atom. The Morgan fingerprint density at radius 2 is 0.699 bits per heavy atom. The topological polar surface area (TPSA) is 95.9 Å². The zero-order valence-corrected chi connectivity index (χ0v) is 48.9. The number of allylic oxidation sites excluding steroid dienone is 7. The molecule has 0 aliphatic rings. The third-order valence-corrected chi connectivity index (χ3v) is 14.8. The molecule has 0 aromatic rings. The van der Waals surface area contributed by atoms with Gasteiger partial charge < -0.3 is 20.3 Å². The quantitative estimate of drug-likeness (QED) is 0.0320. The van der Waals surface area contributed by atoms with E-state index in [2.05, 4.69) is 49.5 Å². The van der Waals surface area contributed by atoms with E-state index in [1.807, 2.05) is 12.2 Å². The van der Waals surface area contributed by atoms with Crippen LogP contribution in [0.2, 0.25) is 0 Å². The second-order valence-electron chi connectivity index (χ2n) is 22.1. The maximum Gasteiger partial charge on any atom is 0.305 e. The summed E-state index contributed by atoms with van der Waals surface area (Å²) < 4.78 is 5.48. The second-order valence-corrected chi connectivity index (χ2v) is 22.1. The molecule has 0 fully saturated rings. The molecule has 73 heavy (non-hydrogen) atoms. The van der Waals surface area contributed by atoms with Crippen LogP contribution in [-0.4, -0.2) is 47.4 Å². The SMILES string of the molecule is CCCCCCCC/C=C\CCCCCCCCCCCC(=O)OCCCCCCCC/C=C\C/C=C\CCC(=O)NC(CO)C(O)/C=C/CCCCCCCCCCCCCCCCCCCCCCCC. The maximum atomic E-state index is 12.5. The number of ether oxygens (including phenoxy) is 1. The number of rotatable bonds is 60. The van der Waals surface area contributed by atoms with Gasteiger partial charge in [0.2, 0.25) is 5.91 Å². The number of aliphatic hydroxyl groups excluding tert-OH is 2. The normalized spacial score (nSPS) is 12.9. The smallest absolute Gasteiger partial charge is 0.305 e. The first-order valence-electron chi connectivity index (χ1n) is 32.4. The zero-order chi connectivity index (χ0) is 52.9. The fraction of sp³-hybridized carbons (Fsp3) is 0.851. The molecule has 0 bridgehead atoms. The molecule has 0 saturated carbocycles. The van der Waals surface area contributed by atoms with Gasteiger partial charge in [-0.25, -0.2) is 0 Å². The van der Waals surface area contributed by atoms with Crippen LogP contribution >= 0.6 is 0 Å². The van der Waals surface area contributed by atoms with Crippen molar-refractivity contribution in [1.82, 2.24) is 5.32 Å². The fourth-order valence-corrected chi connectivity index (χ4v) is 9.86. The van der Waals surface area contributed by atoms with E-state index in [-0.39, 0.29) is 18.5 Å². The summed E-state index contributed by atoms with van der Waals surface area (Å²) in [5, 5.41) is 23.1. The molecule has 0 aliphatic carbocycles. The van der Waals surface area contributed by atoms with Crippen LogP contribution in [-0.2, 0) is 14.3 Å². The van der Waals surface area contributed by atoms with E-state index in [1.165, 1.54) is 257 Å². The van der Waals surface area contributed by atoms with Crippen molar-refractivity contribution in [3.63, 3.8) is 0 Å². The zero-order valence-electron chi connectivity index (χ0n) is 48.9. The van der Waals surface area contributed by atoms with E-state index in [4.69, 9.17) is 4.74 Å². The second kappa shape index (κ2) is 62.4. The van der Waals surface area contributed by atoms with Crippen LogP contribution in [0.5, 0.6) is 0 Å². The lowest BCUT2D eigenvalue weighted by Crippen LogP contribution is -2.45. The number of unbranched alkanes of at least 4 members (excludes halogenated alkanes) is 43. The minimum absolute atomic E-state index is 0.0185. The highest BCUT2D eigenvalue weighted by Crippen LogP contribution is 2.17. The summed E-state index contributed by atoms with van der Waals surface area (Å²) in [6.45, 7) is 4.86. The first-order chi connectivity index (χ1) is 36.0. The Labute approximate surface area is 455 Å². The van der Waals surface area contributed by atoms with Crippen LogP contribution in [0.4, 0.5) is 0 Å². The van der Waals surface area contributed by atoms with Crippen molar-refractivity contribution < 1.29 is 24.5 Å². The average molecular weight is 1020 g/mol. The van der Waals surface area contributed by atoms with Gasteiger partial charge in [0, 0.05) is 12.8 Å². The van der Waals surface area contributed by atoms with Crippen molar-refractivity contribution in [2.24, 2.45) is 0 Å². The molecule has 0 aliphatic heterocycles. The van der Waals surface area contributed by atoms with Crippen molar-refractivity contribution >= 4 is 11.9 Å². The van der Waals surface area contributed by atoms with Gasteiger partial charge in [0.25, 0.3) is 0 Å². The number of amides is 1. The Kier molecular flexibility index (Phi) is 60.5. The van der Waals surface area contributed by atoms with E-state index >= 15 is 0 Å². The lowest BCUT2D eigenvalue weighted by molar-refractivity contribution is -0.143. The predicted octanol–water partition coefficient (Wildman–Crippen LogP) is 20.5. The highest BCUT2D eigenvalue weighted by molar-refractivity contribution is 5.76. The van der Waals surface area contributed by atoms with Crippen molar-refractivity contribution in [3.8, 4) is 0 Å². The standard InChI is InChI=1S/C67H125NO5/c1-3-5-7-9-11-13-15-17-19-21-23-24-25-26-27-29-30-32-35-39-43-47-51-55-59-65(70)64(63-69)68-66(71)60-56-52-48-44-40-36-34-38-42-46-50-54-58-62-73-67(72)61-57-53-49-45-41-37-33-31-28-22-20-18-16-14-12-10-8-6-4-2/h18,20,36,40,48,52,55,59,64-65,69-70H,3-17,19,21-35,37-39,41-47,49-51,53-54,56-58,60-63H2,1-2H3,(H,68,71)/b20-18-,40-36-,52-48-,59-55+. The number of carbonyl (C=O) groups is 2. The molecule has 0 aromatic heterocycles. The maximum absolute atomic E-state index is 12.5. The third kappa shape index (κ3) is 58.9. The van der Waals surface area contributed by atoms with Gasteiger partial charge in [-0.3, -0.25) is 9.59 Å². The molecule has 0 saturated heterocycles. The first-order valence-corrected chi connectivity index (χ1v) is 32.4. The van der Waals surface area contributed by atoms with Gasteiger partial charge in [0.1, 0.15) is 0 Å². The highest BCUT2D eigenvalue weighted by atomic mass is 16.5. The number of hydrogen-bond donors (Lipinski definition) is 3. The van der Waals surface area contributed by atoms with Gasteiger partial charge >= 0.3 is 5.97 Å². The summed E-state index contributed by atoms with van der Waals surface area (Å²) >= 11 is 0. The summed E-state index contributed by atoms with van der Waals surface area (Å²) in [5.74, 6) is -0.165. The molecule has 0 spiro atoms. The molecule has 0 radical (unpaired) electrons. The fourth-order valence-electron chi connectivity index (χ4n) is 9.86. The molecule has 3 N–H and O–H groups in total. The Bertz CT molecular complexity index is 1230. The summed E-state index contributed by atoms with van der Waals surface area (Å²) in [4.78, 5) is 24.6. The highest BCUT2D eigenvalue weighted by Gasteiger charge is 2.17. The molecule has 2 atom stereocenters. The van der Waals surface area contributed by atoms with E-state index in [0.717, 1.165) is 51.4 Å². The summed E-state index contributed by atoms with van der Waals surface area (Å²) in [5.41, 5.74) is 0. The summed E-state index contributed by atoms with van der Waals surface area (Å²) in [6, 6.07) is -0.674. The molecular weight excluding hydrogens is 899 g/mol. The monoisotopic (exact) mass is 1020 g/mol. The molecule has 2 unspecified atom stereocenters. The van der Waals surface area contributed by atoms with Crippen molar-refractivity contribution in [2.45, 2.75) is 353 Å². The summed E-state index contributed by atoms with van der Waals surface area (Å²) in [6.07, 6.45) is 80.3. The number of nitrogens with one attached hydrogen (secondary N) is 1. The average Bonchev–Trinajstić information content (AvgIpc) is 3.39. The minimum Gasteiger partial charge on any atom is -0.466 e. The van der Waals surface area contributed by atoms with Gasteiger partial charge in [-0.2, -0.15) is 0 Å². The predicted molar refractivity (Wildman–Crippen MR) is 319 cm³/mol. The van der Waals surface area contributed by atoms with Crippen molar-refractivity contribution in [1.29, 1.82) is 0 Å². The number of hydrogen-bond acceptors (Lipinski definition) is 5. The molecule has 0 heterocycles. The van der Waals surface area contributed by atoms with Crippen LogP contribution in [0.1, 0.15) is 341 Å². The number of aliphatic hydroxyl groups is 2. The molecule has 0 rings (SSSR count). The van der Waals surface area contributed by atoms with E-state index < -0.39 is 12.1 Å². The molecule has 6 heteroatoms. The van der Waals surface area contributed by atoms with Crippen LogP contribution in [0, 0.1) is 0 Å². The third-order valence-electron chi connectivity index (χ3n) is 14.8. The Morgan fingerprint density at radius 1 is 0.384 bits per heavy atom. The summed E-state index contributed by atoms with van der Waals surface area (Å²) in [7, 11) is 0. The first kappa shape index (κ1) is 70.8. The Hall–Kier alpha value is -2.18. The van der Waals surface area contributed by atoms with Crippen LogP contribution in [0.25, 0.3) is 0 Å². The van der Waals surface area contributed by atoms with E-state index in [0.29, 0.717) is 25.9 Å². The lowest BCUT2D eigenvalue weighted by Gasteiger charge is -2.19. The molecule has 428 valence electrons. The van der Waals surface area contributed by atoms with E-state index in [9.17, 15) is 19.8 Å². The molecule has 1 amide bonds. The van der Waals surface area contributed by atoms with E-state index in [1.54, 1.807) is 6.08 Å². The van der Waals surface area contributed by atoms with Gasteiger partial charge in [-0.05, 0) is 77.0 Å². The molecule has 6 nitrogen and oxygen atoms in total.